The lowest BCUT2D eigenvalue weighted by Crippen LogP contribution is -2.52. The summed E-state index contributed by atoms with van der Waals surface area (Å²) in [7, 11) is 0. The zero-order valence-corrected chi connectivity index (χ0v) is 20.5. The minimum atomic E-state index is -1.26. The molecule has 0 amide bonds. The number of halogens is 1. The highest BCUT2D eigenvalue weighted by Crippen LogP contribution is 2.47. The number of aliphatic carboxylic acids is 2. The molecule has 1 heterocycles. The average molecular weight is 504 g/mol. The number of hydrogen-bond donors (Lipinski definition) is 2. The topological polar surface area (TPSA) is 105 Å². The molecule has 0 bridgehead atoms. The Balaban J connectivity index is 0.000000349. The third-order valence-corrected chi connectivity index (χ3v) is 7.56. The Kier molecular flexibility index (Phi) is 8.04. The van der Waals surface area contributed by atoms with Crippen molar-refractivity contribution in [1.29, 1.82) is 5.26 Å². The number of benzene rings is 2. The van der Waals surface area contributed by atoms with Crippen LogP contribution in [0.1, 0.15) is 42.4 Å². The summed E-state index contributed by atoms with van der Waals surface area (Å²) < 4.78 is 14.0. The van der Waals surface area contributed by atoms with Gasteiger partial charge in [0.05, 0.1) is 5.56 Å². The molecule has 2 aromatic carbocycles. The third-order valence-electron chi connectivity index (χ3n) is 7.56. The van der Waals surface area contributed by atoms with E-state index >= 15 is 0 Å². The monoisotopic (exact) mass is 503 g/mol. The first kappa shape index (κ1) is 26.1. The van der Waals surface area contributed by atoms with E-state index in [1.165, 1.54) is 42.9 Å². The molecule has 2 fully saturated rings. The molecule has 5 rings (SSSR count). The van der Waals surface area contributed by atoms with Gasteiger partial charge in [0.15, 0.2) is 0 Å². The fraction of sp³-hybridized carbons (Fsp3) is 0.345. The van der Waals surface area contributed by atoms with Crippen LogP contribution in [0.2, 0.25) is 0 Å². The molecule has 0 aromatic heterocycles. The van der Waals surface area contributed by atoms with Crippen LogP contribution in [-0.2, 0) is 15.0 Å². The molecule has 37 heavy (non-hydrogen) atoms. The van der Waals surface area contributed by atoms with Crippen molar-refractivity contribution in [3.63, 3.8) is 0 Å². The van der Waals surface area contributed by atoms with E-state index in [2.05, 4.69) is 46.2 Å². The van der Waals surface area contributed by atoms with Crippen molar-refractivity contribution in [1.82, 2.24) is 4.90 Å². The summed E-state index contributed by atoms with van der Waals surface area (Å²) in [6.45, 7) is 3.86. The largest absolute Gasteiger partial charge is 0.478 e. The number of rotatable bonds is 4. The normalized spacial score (nSPS) is 22.8. The van der Waals surface area contributed by atoms with Crippen molar-refractivity contribution in [2.75, 3.05) is 31.1 Å². The minimum absolute atomic E-state index is 0.117. The highest BCUT2D eigenvalue weighted by atomic mass is 19.1. The highest BCUT2D eigenvalue weighted by Gasteiger charge is 2.40. The SMILES string of the molecule is N#Cc1ccc(N2CCN([C@H]3CC[C@@]4(C=Cc5ccccc54)CC3)CC2)cc1F.O=C(O)/C=C\C(=O)O. The maximum atomic E-state index is 14.0. The van der Waals surface area contributed by atoms with Gasteiger partial charge in [-0.25, -0.2) is 14.0 Å². The van der Waals surface area contributed by atoms with E-state index < -0.39 is 17.8 Å². The van der Waals surface area contributed by atoms with Crippen LogP contribution in [0, 0.1) is 17.1 Å². The van der Waals surface area contributed by atoms with Crippen LogP contribution < -0.4 is 4.90 Å². The van der Waals surface area contributed by atoms with Crippen LogP contribution in [-0.4, -0.2) is 59.3 Å². The maximum absolute atomic E-state index is 14.0. The molecule has 0 atom stereocenters. The van der Waals surface area contributed by atoms with E-state index in [4.69, 9.17) is 15.5 Å². The summed E-state index contributed by atoms with van der Waals surface area (Å²) >= 11 is 0. The van der Waals surface area contributed by atoms with Crippen LogP contribution in [0.25, 0.3) is 6.08 Å². The number of piperazine rings is 1. The summed E-state index contributed by atoms with van der Waals surface area (Å²) in [6, 6.07) is 16.4. The van der Waals surface area contributed by atoms with Gasteiger partial charge < -0.3 is 15.1 Å². The zero-order valence-electron chi connectivity index (χ0n) is 20.5. The molecule has 3 aliphatic rings. The first-order chi connectivity index (χ1) is 17.8. The van der Waals surface area contributed by atoms with E-state index in [9.17, 15) is 14.0 Å². The highest BCUT2D eigenvalue weighted by molar-refractivity contribution is 5.89. The molecule has 0 radical (unpaired) electrons. The number of fused-ring (bicyclic) bond motifs is 2. The summed E-state index contributed by atoms with van der Waals surface area (Å²) in [5.41, 5.74) is 4.18. The molecular formula is C29H30FN3O4. The molecule has 1 aliphatic heterocycles. The fourth-order valence-corrected chi connectivity index (χ4v) is 5.63. The Morgan fingerprint density at radius 1 is 1.00 bits per heavy atom. The Bertz CT molecular complexity index is 1230. The molecule has 7 nitrogen and oxygen atoms in total. The maximum Gasteiger partial charge on any atom is 0.328 e. The molecular weight excluding hydrogens is 473 g/mol. The van der Waals surface area contributed by atoms with Crippen LogP contribution in [0.15, 0.2) is 60.7 Å². The van der Waals surface area contributed by atoms with Gasteiger partial charge in [0, 0.05) is 55.5 Å². The Morgan fingerprint density at radius 2 is 1.65 bits per heavy atom. The Labute approximate surface area is 215 Å². The standard InChI is InChI=1S/C25H26FN3.C4H4O4/c26-24-17-22(6-5-20(24)18-27)29-15-13-28(14-16-29)21-8-11-25(12-9-21)10-7-19-3-1-2-4-23(19)25;5-3(6)1-2-4(7)8/h1-7,10,17,21H,8-9,11-16H2;1-2H,(H,5,6)(H,7,8)/b;2-1-/t21-,25-;. The second-order valence-electron chi connectivity index (χ2n) is 9.62. The zero-order chi connectivity index (χ0) is 26.4. The number of carboxylic acids is 2. The first-order valence-corrected chi connectivity index (χ1v) is 12.4. The van der Waals surface area contributed by atoms with Crippen molar-refractivity contribution in [2.45, 2.75) is 37.1 Å². The van der Waals surface area contributed by atoms with Crippen molar-refractivity contribution < 1.29 is 24.2 Å². The van der Waals surface area contributed by atoms with E-state index in [0.717, 1.165) is 31.9 Å². The van der Waals surface area contributed by atoms with Gasteiger partial charge >= 0.3 is 11.9 Å². The average Bonchev–Trinajstić information content (AvgIpc) is 3.26. The molecule has 8 heteroatoms. The lowest BCUT2D eigenvalue weighted by molar-refractivity contribution is -0.134. The molecule has 0 unspecified atom stereocenters. The number of anilines is 1. The van der Waals surface area contributed by atoms with Crippen molar-refractivity contribution in [3.05, 3.63) is 83.2 Å². The second-order valence-corrected chi connectivity index (χ2v) is 9.62. The summed E-state index contributed by atoms with van der Waals surface area (Å²) in [5.74, 6) is -2.94. The molecule has 2 aliphatic carbocycles. The molecule has 1 saturated carbocycles. The van der Waals surface area contributed by atoms with Gasteiger partial charge in [-0.15, -0.1) is 0 Å². The Hall–Kier alpha value is -3.96. The van der Waals surface area contributed by atoms with E-state index in [-0.39, 0.29) is 11.0 Å². The van der Waals surface area contributed by atoms with Gasteiger partial charge in [-0.1, -0.05) is 36.4 Å². The lowest BCUT2D eigenvalue weighted by atomic mass is 9.69. The Morgan fingerprint density at radius 3 is 2.24 bits per heavy atom. The number of carboxylic acid groups (broad SMARTS) is 2. The van der Waals surface area contributed by atoms with E-state index in [1.807, 2.05) is 12.1 Å². The van der Waals surface area contributed by atoms with Gasteiger partial charge in [0.25, 0.3) is 0 Å². The lowest BCUT2D eigenvalue weighted by Gasteiger charge is -2.45. The predicted octanol–water partition coefficient (Wildman–Crippen LogP) is 4.44. The fourth-order valence-electron chi connectivity index (χ4n) is 5.63. The van der Waals surface area contributed by atoms with Gasteiger partial charge in [0.2, 0.25) is 0 Å². The number of nitrogens with zero attached hydrogens (tertiary/aromatic N) is 3. The molecule has 1 spiro atoms. The van der Waals surface area contributed by atoms with Gasteiger partial charge in [-0.3, -0.25) is 4.90 Å². The number of allylic oxidation sites excluding steroid dienone is 1. The van der Waals surface area contributed by atoms with Gasteiger partial charge in [-0.05, 0) is 55.0 Å². The predicted molar refractivity (Wildman–Crippen MR) is 139 cm³/mol. The smallest absolute Gasteiger partial charge is 0.328 e. The third kappa shape index (κ3) is 6.07. The summed E-state index contributed by atoms with van der Waals surface area (Å²) in [6.07, 6.45) is 10.8. The van der Waals surface area contributed by atoms with Gasteiger partial charge in [-0.2, -0.15) is 5.26 Å². The summed E-state index contributed by atoms with van der Waals surface area (Å²) in [4.78, 5) is 24.0. The van der Waals surface area contributed by atoms with Crippen LogP contribution >= 0.6 is 0 Å². The second kappa shape index (κ2) is 11.4. The molecule has 2 N–H and O–H groups in total. The quantitative estimate of drug-likeness (QED) is 0.595. The number of nitriles is 1. The van der Waals surface area contributed by atoms with Crippen LogP contribution in [0.4, 0.5) is 10.1 Å². The van der Waals surface area contributed by atoms with Crippen LogP contribution in [0.5, 0.6) is 0 Å². The van der Waals surface area contributed by atoms with Crippen molar-refractivity contribution in [3.8, 4) is 6.07 Å². The van der Waals surface area contributed by atoms with Crippen LogP contribution in [0.3, 0.4) is 0 Å². The molecule has 2 aromatic rings. The van der Waals surface area contributed by atoms with E-state index in [1.54, 1.807) is 6.07 Å². The van der Waals surface area contributed by atoms with Gasteiger partial charge in [0.1, 0.15) is 11.9 Å². The van der Waals surface area contributed by atoms with Crippen molar-refractivity contribution in [2.24, 2.45) is 0 Å². The first-order valence-electron chi connectivity index (χ1n) is 12.4. The minimum Gasteiger partial charge on any atom is -0.478 e. The summed E-state index contributed by atoms with van der Waals surface area (Å²) in [5, 5.41) is 24.5. The van der Waals surface area contributed by atoms with E-state index in [0.29, 0.717) is 18.2 Å². The number of hydrogen-bond acceptors (Lipinski definition) is 5. The number of carbonyl (C=O) groups is 2. The molecule has 192 valence electrons. The molecule has 1 saturated heterocycles. The van der Waals surface area contributed by atoms with Crippen molar-refractivity contribution >= 4 is 23.7 Å².